The largest absolute Gasteiger partial charge is 0.465 e. The fourth-order valence-corrected chi connectivity index (χ4v) is 4.08. The van der Waals surface area contributed by atoms with Crippen LogP contribution in [0.1, 0.15) is 54.7 Å². The van der Waals surface area contributed by atoms with Crippen LogP contribution in [0.4, 0.5) is 0 Å². The zero-order chi connectivity index (χ0) is 21.7. The number of benzene rings is 2. The quantitative estimate of drug-likeness (QED) is 0.704. The summed E-state index contributed by atoms with van der Waals surface area (Å²) in [5, 5.41) is 3.14. The van der Waals surface area contributed by atoms with Gasteiger partial charge >= 0.3 is 5.97 Å². The van der Waals surface area contributed by atoms with Crippen molar-refractivity contribution in [2.24, 2.45) is 5.92 Å². The normalized spacial score (nSPS) is 18.1. The number of rotatable bonds is 7. The molecule has 160 valence electrons. The number of hydrogen-bond acceptors (Lipinski definition) is 4. The molecule has 1 N–H and O–H groups in total. The molecule has 1 heterocycles. The van der Waals surface area contributed by atoms with Crippen LogP contribution in [0.15, 0.2) is 54.6 Å². The maximum atomic E-state index is 13.1. The first-order valence-electron chi connectivity index (χ1n) is 10.6. The lowest BCUT2D eigenvalue weighted by molar-refractivity contribution is -0.131. The van der Waals surface area contributed by atoms with Crippen molar-refractivity contribution >= 4 is 11.9 Å². The van der Waals surface area contributed by atoms with Crippen LogP contribution in [-0.2, 0) is 16.0 Å². The van der Waals surface area contributed by atoms with E-state index in [0.717, 1.165) is 31.5 Å². The molecule has 1 aliphatic rings. The standard InChI is InChI=1S/C25H32N2O3/c1-18(21-10-12-22(13-11-21)23(28)30-4)26-24(29)25(2,3)27-15-14-20(17-27)16-19-8-6-5-7-9-19/h5-13,18,20H,14-17H2,1-4H3,(H,26,29). The molecular formula is C25H32N2O3. The first kappa shape index (κ1) is 22.0. The van der Waals surface area contributed by atoms with Gasteiger partial charge in [0.05, 0.1) is 24.3 Å². The van der Waals surface area contributed by atoms with E-state index < -0.39 is 5.54 Å². The highest BCUT2D eigenvalue weighted by molar-refractivity contribution is 5.89. The SMILES string of the molecule is COC(=O)c1ccc(C(C)NC(=O)C(C)(C)N2CCC(Cc3ccccc3)C2)cc1. The number of nitrogens with zero attached hydrogens (tertiary/aromatic N) is 1. The summed E-state index contributed by atoms with van der Waals surface area (Å²) in [6.07, 6.45) is 2.16. The molecule has 5 heteroatoms. The number of hydrogen-bond donors (Lipinski definition) is 1. The zero-order valence-corrected chi connectivity index (χ0v) is 18.4. The molecule has 2 aromatic rings. The van der Waals surface area contributed by atoms with E-state index in [1.54, 1.807) is 12.1 Å². The third kappa shape index (κ3) is 5.08. The molecule has 0 aliphatic carbocycles. The minimum Gasteiger partial charge on any atom is -0.465 e. The third-order valence-corrected chi connectivity index (χ3v) is 6.18. The number of carbonyl (C=O) groups is 2. The van der Waals surface area contributed by atoms with Gasteiger partial charge in [0.2, 0.25) is 5.91 Å². The average Bonchev–Trinajstić information content (AvgIpc) is 3.23. The van der Waals surface area contributed by atoms with Gasteiger partial charge < -0.3 is 10.1 Å². The van der Waals surface area contributed by atoms with Crippen molar-refractivity contribution in [1.82, 2.24) is 10.2 Å². The minimum atomic E-state index is -0.578. The molecule has 3 rings (SSSR count). The number of carbonyl (C=O) groups excluding carboxylic acids is 2. The van der Waals surface area contributed by atoms with Gasteiger partial charge in [-0.25, -0.2) is 4.79 Å². The summed E-state index contributed by atoms with van der Waals surface area (Å²) >= 11 is 0. The molecule has 1 aliphatic heterocycles. The van der Waals surface area contributed by atoms with Crippen LogP contribution in [-0.4, -0.2) is 42.5 Å². The molecule has 1 amide bonds. The van der Waals surface area contributed by atoms with Crippen LogP contribution < -0.4 is 5.32 Å². The molecular weight excluding hydrogens is 376 g/mol. The van der Waals surface area contributed by atoms with Crippen molar-refractivity contribution in [2.75, 3.05) is 20.2 Å². The van der Waals surface area contributed by atoms with Crippen LogP contribution in [0.3, 0.4) is 0 Å². The van der Waals surface area contributed by atoms with Gasteiger partial charge in [-0.15, -0.1) is 0 Å². The van der Waals surface area contributed by atoms with Crippen LogP contribution in [0.25, 0.3) is 0 Å². The number of amides is 1. The van der Waals surface area contributed by atoms with Crippen molar-refractivity contribution in [3.8, 4) is 0 Å². The summed E-state index contributed by atoms with van der Waals surface area (Å²) in [6, 6.07) is 17.6. The first-order chi connectivity index (χ1) is 14.3. The molecule has 0 spiro atoms. The fraction of sp³-hybridized carbons (Fsp3) is 0.440. The molecule has 2 unspecified atom stereocenters. The highest BCUT2D eigenvalue weighted by atomic mass is 16.5. The lowest BCUT2D eigenvalue weighted by atomic mass is 9.97. The summed E-state index contributed by atoms with van der Waals surface area (Å²) in [6.45, 7) is 7.82. The topological polar surface area (TPSA) is 58.6 Å². The molecule has 1 fully saturated rings. The van der Waals surface area contributed by atoms with Crippen molar-refractivity contribution in [3.63, 3.8) is 0 Å². The van der Waals surface area contributed by atoms with Crippen LogP contribution in [0.5, 0.6) is 0 Å². The zero-order valence-electron chi connectivity index (χ0n) is 18.4. The van der Waals surface area contributed by atoms with Gasteiger partial charge in [-0.05, 0) is 69.3 Å². The second-order valence-corrected chi connectivity index (χ2v) is 8.66. The summed E-state index contributed by atoms with van der Waals surface area (Å²) in [7, 11) is 1.37. The van der Waals surface area contributed by atoms with Crippen LogP contribution >= 0.6 is 0 Å². The summed E-state index contributed by atoms with van der Waals surface area (Å²) < 4.78 is 4.73. The second-order valence-electron chi connectivity index (χ2n) is 8.66. The van der Waals surface area contributed by atoms with Crippen molar-refractivity contribution in [1.29, 1.82) is 0 Å². The van der Waals surface area contributed by atoms with E-state index in [2.05, 4.69) is 34.5 Å². The van der Waals surface area contributed by atoms with Crippen molar-refractivity contribution in [2.45, 2.75) is 45.2 Å². The van der Waals surface area contributed by atoms with E-state index in [1.165, 1.54) is 12.7 Å². The second kappa shape index (κ2) is 9.43. The summed E-state index contributed by atoms with van der Waals surface area (Å²) in [4.78, 5) is 27.0. The summed E-state index contributed by atoms with van der Waals surface area (Å²) in [5.41, 5.74) is 2.23. The van der Waals surface area contributed by atoms with E-state index in [9.17, 15) is 9.59 Å². The molecule has 1 saturated heterocycles. The number of esters is 1. The van der Waals surface area contributed by atoms with Crippen LogP contribution in [0.2, 0.25) is 0 Å². The number of ether oxygens (including phenoxy) is 1. The van der Waals surface area contributed by atoms with Crippen molar-refractivity contribution in [3.05, 3.63) is 71.3 Å². The molecule has 0 saturated carbocycles. The Morgan fingerprint density at radius 2 is 1.80 bits per heavy atom. The number of nitrogens with one attached hydrogen (secondary N) is 1. The number of methoxy groups -OCH3 is 1. The van der Waals surface area contributed by atoms with E-state index in [1.807, 2.05) is 39.0 Å². The molecule has 2 atom stereocenters. The van der Waals surface area contributed by atoms with Gasteiger partial charge in [0.25, 0.3) is 0 Å². The molecule has 30 heavy (non-hydrogen) atoms. The Morgan fingerprint density at radius 1 is 1.13 bits per heavy atom. The van der Waals surface area contributed by atoms with Crippen LogP contribution in [0, 0.1) is 5.92 Å². The Hall–Kier alpha value is -2.66. The Bertz CT molecular complexity index is 862. The smallest absolute Gasteiger partial charge is 0.337 e. The summed E-state index contributed by atoms with van der Waals surface area (Å²) in [5.74, 6) is 0.230. The van der Waals surface area contributed by atoms with E-state index in [-0.39, 0.29) is 17.9 Å². The van der Waals surface area contributed by atoms with E-state index >= 15 is 0 Å². The van der Waals surface area contributed by atoms with Gasteiger partial charge in [-0.1, -0.05) is 42.5 Å². The Morgan fingerprint density at radius 3 is 2.43 bits per heavy atom. The van der Waals surface area contributed by atoms with E-state index in [4.69, 9.17) is 4.74 Å². The fourth-order valence-electron chi connectivity index (χ4n) is 4.08. The van der Waals surface area contributed by atoms with Crippen molar-refractivity contribution < 1.29 is 14.3 Å². The third-order valence-electron chi connectivity index (χ3n) is 6.18. The first-order valence-corrected chi connectivity index (χ1v) is 10.6. The molecule has 5 nitrogen and oxygen atoms in total. The lowest BCUT2D eigenvalue weighted by Gasteiger charge is -2.35. The number of likely N-dealkylation sites (tertiary alicyclic amines) is 1. The molecule has 2 aromatic carbocycles. The Balaban J connectivity index is 1.58. The molecule has 0 bridgehead atoms. The molecule has 0 radical (unpaired) electrons. The highest BCUT2D eigenvalue weighted by Crippen LogP contribution is 2.28. The highest BCUT2D eigenvalue weighted by Gasteiger charge is 2.39. The van der Waals surface area contributed by atoms with Gasteiger partial charge in [0.15, 0.2) is 0 Å². The maximum Gasteiger partial charge on any atom is 0.337 e. The molecule has 0 aromatic heterocycles. The van der Waals surface area contributed by atoms with Gasteiger partial charge in [-0.3, -0.25) is 9.69 Å². The Kier molecular flexibility index (Phi) is 6.93. The minimum absolute atomic E-state index is 0.0207. The maximum absolute atomic E-state index is 13.1. The monoisotopic (exact) mass is 408 g/mol. The van der Waals surface area contributed by atoms with Gasteiger partial charge in [0, 0.05) is 6.54 Å². The van der Waals surface area contributed by atoms with Gasteiger partial charge in [-0.2, -0.15) is 0 Å². The average molecular weight is 409 g/mol. The van der Waals surface area contributed by atoms with Gasteiger partial charge in [0.1, 0.15) is 0 Å². The Labute approximate surface area is 179 Å². The lowest BCUT2D eigenvalue weighted by Crippen LogP contribution is -2.54. The predicted octanol–water partition coefficient (Wildman–Crippen LogP) is 3.99. The predicted molar refractivity (Wildman–Crippen MR) is 118 cm³/mol. The van der Waals surface area contributed by atoms with E-state index in [0.29, 0.717) is 11.5 Å².